The lowest BCUT2D eigenvalue weighted by Crippen LogP contribution is -2.22. The van der Waals surface area contributed by atoms with Crippen molar-refractivity contribution in [1.82, 2.24) is 4.57 Å². The van der Waals surface area contributed by atoms with Crippen LogP contribution in [0, 0.1) is 0 Å². The van der Waals surface area contributed by atoms with Gasteiger partial charge in [-0.15, -0.1) is 0 Å². The summed E-state index contributed by atoms with van der Waals surface area (Å²) in [6.45, 7) is 4.05. The molecule has 0 aliphatic rings. The Morgan fingerprint density at radius 3 is 2.52 bits per heavy atom. The van der Waals surface area contributed by atoms with Crippen molar-refractivity contribution >= 4 is 10.9 Å². The zero-order valence-electron chi connectivity index (χ0n) is 14.5. The zero-order valence-corrected chi connectivity index (χ0v) is 14.5. The second kappa shape index (κ2) is 6.89. The van der Waals surface area contributed by atoms with Crippen molar-refractivity contribution in [2.24, 2.45) is 7.05 Å². The average Bonchev–Trinajstić information content (AvgIpc) is 2.62. The predicted octanol–water partition coefficient (Wildman–Crippen LogP) is 3.61. The molecular formula is C20H21NO4. The summed E-state index contributed by atoms with van der Waals surface area (Å²) in [7, 11) is 1.65. The number of aromatic nitrogens is 1. The molecule has 130 valence electrons. The second-order valence-electron chi connectivity index (χ2n) is 6.16. The lowest BCUT2D eigenvalue weighted by Gasteiger charge is -2.15. The van der Waals surface area contributed by atoms with Crippen molar-refractivity contribution in [3.63, 3.8) is 0 Å². The third kappa shape index (κ3) is 3.45. The summed E-state index contributed by atoms with van der Waals surface area (Å²) in [6.07, 6.45) is -0.204. The Balaban J connectivity index is 1.98. The first-order valence-corrected chi connectivity index (χ1v) is 8.16. The van der Waals surface area contributed by atoms with E-state index in [1.807, 2.05) is 44.2 Å². The number of rotatable bonds is 5. The fraction of sp³-hybridized carbons (Fsp3) is 0.250. The van der Waals surface area contributed by atoms with Gasteiger partial charge in [0.2, 0.25) is 5.75 Å². The van der Waals surface area contributed by atoms with Crippen molar-refractivity contribution in [2.45, 2.75) is 26.6 Å². The van der Waals surface area contributed by atoms with Gasteiger partial charge in [-0.3, -0.25) is 4.79 Å². The molecule has 25 heavy (non-hydrogen) atoms. The van der Waals surface area contributed by atoms with Gasteiger partial charge >= 0.3 is 0 Å². The van der Waals surface area contributed by atoms with E-state index >= 15 is 0 Å². The van der Waals surface area contributed by atoms with Gasteiger partial charge in [0.15, 0.2) is 5.75 Å². The number of pyridine rings is 1. The first-order valence-electron chi connectivity index (χ1n) is 8.16. The fourth-order valence-corrected chi connectivity index (χ4v) is 2.65. The minimum atomic E-state index is -0.376. The van der Waals surface area contributed by atoms with E-state index in [0.29, 0.717) is 23.3 Å². The first kappa shape index (κ1) is 16.9. The summed E-state index contributed by atoms with van der Waals surface area (Å²) in [5.41, 5.74) is 1.27. The van der Waals surface area contributed by atoms with Gasteiger partial charge < -0.3 is 19.1 Å². The van der Waals surface area contributed by atoms with E-state index in [9.17, 15) is 9.90 Å². The molecule has 0 saturated heterocycles. The summed E-state index contributed by atoms with van der Waals surface area (Å²) in [4.78, 5) is 12.5. The standard InChI is InChI=1S/C20H21NO4/c1-13(2)25-19-18(22)16-10-9-15(11-17(16)21(3)20(19)23)24-12-14-7-5-4-6-8-14/h4-11,13,22H,12H2,1-3H3. The molecule has 1 aromatic heterocycles. The van der Waals surface area contributed by atoms with Crippen LogP contribution in [0.5, 0.6) is 17.2 Å². The maximum Gasteiger partial charge on any atom is 0.297 e. The van der Waals surface area contributed by atoms with Crippen LogP contribution in [-0.4, -0.2) is 15.8 Å². The molecular weight excluding hydrogens is 318 g/mol. The van der Waals surface area contributed by atoms with Crippen LogP contribution in [-0.2, 0) is 13.7 Å². The van der Waals surface area contributed by atoms with Crippen molar-refractivity contribution < 1.29 is 14.6 Å². The van der Waals surface area contributed by atoms with Crippen molar-refractivity contribution in [2.75, 3.05) is 0 Å². The molecule has 0 radical (unpaired) electrons. The Morgan fingerprint density at radius 1 is 1.12 bits per heavy atom. The van der Waals surface area contributed by atoms with Crippen LogP contribution in [0.25, 0.3) is 10.9 Å². The highest BCUT2D eigenvalue weighted by Gasteiger charge is 2.17. The molecule has 0 atom stereocenters. The van der Waals surface area contributed by atoms with Gasteiger partial charge in [0.1, 0.15) is 12.4 Å². The predicted molar refractivity (Wildman–Crippen MR) is 97.4 cm³/mol. The first-order chi connectivity index (χ1) is 12.0. The van der Waals surface area contributed by atoms with E-state index in [-0.39, 0.29) is 23.2 Å². The van der Waals surface area contributed by atoms with Crippen LogP contribution in [0.15, 0.2) is 53.3 Å². The number of benzene rings is 2. The van der Waals surface area contributed by atoms with Crippen LogP contribution in [0.4, 0.5) is 0 Å². The average molecular weight is 339 g/mol. The van der Waals surface area contributed by atoms with Crippen LogP contribution in [0.2, 0.25) is 0 Å². The Kier molecular flexibility index (Phi) is 4.65. The number of aryl methyl sites for hydroxylation is 1. The van der Waals surface area contributed by atoms with Crippen LogP contribution < -0.4 is 15.0 Å². The number of nitrogens with zero attached hydrogens (tertiary/aromatic N) is 1. The topological polar surface area (TPSA) is 60.7 Å². The quantitative estimate of drug-likeness (QED) is 0.771. The summed E-state index contributed by atoms with van der Waals surface area (Å²) in [5.74, 6) is 0.465. The highest BCUT2D eigenvalue weighted by atomic mass is 16.5. The number of aromatic hydroxyl groups is 1. The number of hydrogen-bond donors (Lipinski definition) is 1. The molecule has 3 aromatic rings. The lowest BCUT2D eigenvalue weighted by atomic mass is 10.1. The second-order valence-corrected chi connectivity index (χ2v) is 6.16. The largest absolute Gasteiger partial charge is 0.504 e. The molecule has 0 unspecified atom stereocenters. The molecule has 5 nitrogen and oxygen atoms in total. The molecule has 0 bridgehead atoms. The number of fused-ring (bicyclic) bond motifs is 1. The molecule has 2 aromatic carbocycles. The van der Waals surface area contributed by atoms with E-state index in [0.717, 1.165) is 5.56 Å². The van der Waals surface area contributed by atoms with E-state index in [2.05, 4.69) is 0 Å². The molecule has 0 aliphatic carbocycles. The summed E-state index contributed by atoms with van der Waals surface area (Å²) in [6, 6.07) is 15.1. The highest BCUT2D eigenvalue weighted by Crippen LogP contribution is 2.33. The molecule has 3 rings (SSSR count). The molecule has 0 saturated carbocycles. The SMILES string of the molecule is CC(C)Oc1c(O)c2ccc(OCc3ccccc3)cc2n(C)c1=O. The fourth-order valence-electron chi connectivity index (χ4n) is 2.65. The Hall–Kier alpha value is -2.95. The van der Waals surface area contributed by atoms with Gasteiger partial charge in [-0.25, -0.2) is 0 Å². The van der Waals surface area contributed by atoms with Gasteiger partial charge in [-0.1, -0.05) is 30.3 Å². The maximum absolute atomic E-state index is 12.5. The zero-order chi connectivity index (χ0) is 18.0. The summed E-state index contributed by atoms with van der Waals surface area (Å²) >= 11 is 0. The van der Waals surface area contributed by atoms with E-state index in [4.69, 9.17) is 9.47 Å². The normalized spacial score (nSPS) is 11.0. The van der Waals surface area contributed by atoms with Crippen LogP contribution in [0.1, 0.15) is 19.4 Å². The van der Waals surface area contributed by atoms with Crippen molar-refractivity contribution in [1.29, 1.82) is 0 Å². The summed E-state index contributed by atoms with van der Waals surface area (Å²) < 4.78 is 12.7. The van der Waals surface area contributed by atoms with Gasteiger partial charge in [0.25, 0.3) is 5.56 Å². The third-order valence-corrected chi connectivity index (χ3v) is 3.90. The minimum Gasteiger partial charge on any atom is -0.504 e. The Labute approximate surface area is 146 Å². The molecule has 0 spiro atoms. The van der Waals surface area contributed by atoms with E-state index in [1.165, 1.54) is 4.57 Å². The van der Waals surface area contributed by atoms with Gasteiger partial charge in [0.05, 0.1) is 11.6 Å². The van der Waals surface area contributed by atoms with Crippen LogP contribution in [0.3, 0.4) is 0 Å². The van der Waals surface area contributed by atoms with E-state index < -0.39 is 0 Å². The number of hydrogen-bond acceptors (Lipinski definition) is 4. The van der Waals surface area contributed by atoms with Crippen molar-refractivity contribution in [3.8, 4) is 17.2 Å². The van der Waals surface area contributed by atoms with Crippen LogP contribution >= 0.6 is 0 Å². The minimum absolute atomic E-state index is 0.0250. The molecule has 1 heterocycles. The van der Waals surface area contributed by atoms with E-state index in [1.54, 1.807) is 25.2 Å². The maximum atomic E-state index is 12.5. The number of ether oxygens (including phenoxy) is 2. The Morgan fingerprint density at radius 2 is 1.84 bits per heavy atom. The Bertz CT molecular complexity index is 945. The molecule has 0 amide bonds. The van der Waals surface area contributed by atoms with Crippen molar-refractivity contribution in [3.05, 3.63) is 64.4 Å². The summed E-state index contributed by atoms with van der Waals surface area (Å²) in [5, 5.41) is 11.0. The monoisotopic (exact) mass is 339 g/mol. The molecule has 0 aliphatic heterocycles. The smallest absolute Gasteiger partial charge is 0.297 e. The van der Waals surface area contributed by atoms with Gasteiger partial charge in [-0.05, 0) is 31.5 Å². The van der Waals surface area contributed by atoms with Gasteiger partial charge in [-0.2, -0.15) is 0 Å². The molecule has 5 heteroatoms. The van der Waals surface area contributed by atoms with Gasteiger partial charge in [0, 0.05) is 18.5 Å². The molecule has 0 fully saturated rings. The molecule has 1 N–H and O–H groups in total. The lowest BCUT2D eigenvalue weighted by molar-refractivity contribution is 0.228. The highest BCUT2D eigenvalue weighted by molar-refractivity contribution is 5.88. The third-order valence-electron chi connectivity index (χ3n) is 3.90.